The SMILES string of the molecule is COc1ccc(CCn2c(N(C)C)nc3c2c(=O)[nH]c(=O)n3C)cc1. The molecule has 8 nitrogen and oxygen atoms in total. The van der Waals surface area contributed by atoms with E-state index in [1.165, 1.54) is 4.57 Å². The van der Waals surface area contributed by atoms with Crippen LogP contribution in [0, 0.1) is 0 Å². The molecule has 2 aromatic heterocycles. The van der Waals surface area contributed by atoms with E-state index in [0.717, 1.165) is 17.7 Å². The number of hydrogen-bond donors (Lipinski definition) is 1. The smallest absolute Gasteiger partial charge is 0.329 e. The Labute approximate surface area is 144 Å². The first-order valence-corrected chi connectivity index (χ1v) is 7.92. The van der Waals surface area contributed by atoms with E-state index in [4.69, 9.17) is 4.74 Å². The van der Waals surface area contributed by atoms with Crippen molar-refractivity contribution >= 4 is 17.1 Å². The molecule has 132 valence electrons. The van der Waals surface area contributed by atoms with Crippen molar-refractivity contribution in [2.45, 2.75) is 13.0 Å². The van der Waals surface area contributed by atoms with Crippen LogP contribution in [-0.2, 0) is 20.0 Å². The average molecular weight is 343 g/mol. The van der Waals surface area contributed by atoms with Crippen LogP contribution in [0.4, 0.5) is 5.95 Å². The quantitative estimate of drug-likeness (QED) is 0.739. The van der Waals surface area contributed by atoms with E-state index in [9.17, 15) is 9.59 Å². The second-order valence-electron chi connectivity index (χ2n) is 6.05. The standard InChI is InChI=1S/C17H21N5O3/c1-20(2)16-18-14-13(15(23)19-17(24)21(14)3)22(16)10-9-11-5-7-12(25-4)8-6-11/h5-8H,9-10H2,1-4H3,(H,19,23,24). The number of fused-ring (bicyclic) bond motifs is 1. The number of aryl methyl sites for hydroxylation is 3. The maximum absolute atomic E-state index is 12.3. The minimum absolute atomic E-state index is 0.382. The van der Waals surface area contributed by atoms with Gasteiger partial charge < -0.3 is 14.2 Å². The third-order valence-electron chi connectivity index (χ3n) is 4.17. The Hall–Kier alpha value is -3.03. The third-order valence-corrected chi connectivity index (χ3v) is 4.17. The third kappa shape index (κ3) is 3.02. The largest absolute Gasteiger partial charge is 0.497 e. The molecule has 3 rings (SSSR count). The van der Waals surface area contributed by atoms with E-state index in [1.54, 1.807) is 14.2 Å². The molecule has 0 spiro atoms. The Kier molecular flexibility index (Phi) is 4.35. The van der Waals surface area contributed by atoms with Crippen molar-refractivity contribution < 1.29 is 4.74 Å². The lowest BCUT2D eigenvalue weighted by atomic mass is 10.1. The number of ether oxygens (including phenoxy) is 1. The number of benzene rings is 1. The van der Waals surface area contributed by atoms with Gasteiger partial charge in [-0.3, -0.25) is 14.3 Å². The van der Waals surface area contributed by atoms with Crippen LogP contribution in [-0.4, -0.2) is 40.3 Å². The topological polar surface area (TPSA) is 85.2 Å². The molecular formula is C17H21N5O3. The lowest BCUT2D eigenvalue weighted by Gasteiger charge is -2.14. The molecule has 1 N–H and O–H groups in total. The highest BCUT2D eigenvalue weighted by molar-refractivity contribution is 5.74. The van der Waals surface area contributed by atoms with Crippen LogP contribution in [0.1, 0.15) is 5.56 Å². The van der Waals surface area contributed by atoms with Crippen LogP contribution in [0.2, 0.25) is 0 Å². The number of rotatable bonds is 5. The van der Waals surface area contributed by atoms with E-state index in [2.05, 4.69) is 9.97 Å². The summed E-state index contributed by atoms with van der Waals surface area (Å²) in [4.78, 5) is 32.8. The molecule has 3 aromatic rings. The Morgan fingerprint density at radius 1 is 1.20 bits per heavy atom. The fourth-order valence-electron chi connectivity index (χ4n) is 2.81. The van der Waals surface area contributed by atoms with Gasteiger partial charge >= 0.3 is 5.69 Å². The lowest BCUT2D eigenvalue weighted by Crippen LogP contribution is -2.29. The average Bonchev–Trinajstić information content (AvgIpc) is 2.99. The summed E-state index contributed by atoms with van der Waals surface area (Å²) in [6.07, 6.45) is 0.721. The minimum atomic E-state index is -0.470. The van der Waals surface area contributed by atoms with Crippen LogP contribution in [0.5, 0.6) is 5.75 Å². The molecule has 8 heteroatoms. The van der Waals surface area contributed by atoms with E-state index in [-0.39, 0.29) is 0 Å². The highest BCUT2D eigenvalue weighted by atomic mass is 16.5. The first-order chi connectivity index (χ1) is 11.9. The summed E-state index contributed by atoms with van der Waals surface area (Å²) in [5.74, 6) is 1.44. The maximum atomic E-state index is 12.3. The molecule has 0 saturated heterocycles. The Balaban J connectivity index is 2.04. The second kappa shape index (κ2) is 6.46. The van der Waals surface area contributed by atoms with E-state index in [0.29, 0.717) is 23.7 Å². The minimum Gasteiger partial charge on any atom is -0.497 e. The number of nitrogens with one attached hydrogen (secondary N) is 1. The molecule has 0 bridgehead atoms. The molecule has 1 aromatic carbocycles. The summed E-state index contributed by atoms with van der Waals surface area (Å²) in [6.45, 7) is 0.567. The fraction of sp³-hybridized carbons (Fsp3) is 0.353. The molecule has 0 unspecified atom stereocenters. The highest BCUT2D eigenvalue weighted by Gasteiger charge is 2.18. The van der Waals surface area contributed by atoms with Crippen LogP contribution in [0.25, 0.3) is 11.2 Å². The number of aromatic amines is 1. The van der Waals surface area contributed by atoms with Crippen molar-refractivity contribution in [2.75, 3.05) is 26.1 Å². The normalized spacial score (nSPS) is 11.0. The summed E-state index contributed by atoms with van der Waals surface area (Å²) < 4.78 is 8.37. The van der Waals surface area contributed by atoms with Crippen molar-refractivity contribution in [1.29, 1.82) is 0 Å². The molecule has 0 radical (unpaired) electrons. The molecule has 0 atom stereocenters. The van der Waals surface area contributed by atoms with Gasteiger partial charge in [0, 0.05) is 27.7 Å². The number of anilines is 1. The van der Waals surface area contributed by atoms with Gasteiger partial charge in [0.1, 0.15) is 5.75 Å². The van der Waals surface area contributed by atoms with Gasteiger partial charge in [0.25, 0.3) is 5.56 Å². The zero-order valence-electron chi connectivity index (χ0n) is 14.7. The van der Waals surface area contributed by atoms with Gasteiger partial charge in [-0.2, -0.15) is 4.98 Å². The number of methoxy groups -OCH3 is 1. The van der Waals surface area contributed by atoms with Gasteiger partial charge in [0.15, 0.2) is 11.2 Å². The molecule has 0 amide bonds. The van der Waals surface area contributed by atoms with Gasteiger partial charge in [-0.15, -0.1) is 0 Å². The van der Waals surface area contributed by atoms with Gasteiger partial charge in [-0.1, -0.05) is 12.1 Å². The summed E-state index contributed by atoms with van der Waals surface area (Å²) >= 11 is 0. The van der Waals surface area contributed by atoms with Crippen molar-refractivity contribution in [3.8, 4) is 5.75 Å². The Morgan fingerprint density at radius 2 is 1.88 bits per heavy atom. The zero-order valence-corrected chi connectivity index (χ0v) is 14.7. The van der Waals surface area contributed by atoms with E-state index >= 15 is 0 Å². The molecule has 0 saturated carbocycles. The summed E-state index contributed by atoms with van der Waals surface area (Å²) in [6, 6.07) is 7.80. The number of H-pyrrole nitrogens is 1. The summed E-state index contributed by atoms with van der Waals surface area (Å²) in [7, 11) is 6.95. The van der Waals surface area contributed by atoms with E-state index in [1.807, 2.05) is 47.8 Å². The van der Waals surface area contributed by atoms with Gasteiger partial charge in [-0.05, 0) is 24.1 Å². The van der Waals surface area contributed by atoms with Crippen molar-refractivity contribution in [1.82, 2.24) is 19.1 Å². The summed E-state index contributed by atoms with van der Waals surface area (Å²) in [5, 5.41) is 0. The Bertz CT molecular complexity index is 1010. The molecule has 0 aliphatic carbocycles. The van der Waals surface area contributed by atoms with Gasteiger partial charge in [0.2, 0.25) is 5.95 Å². The van der Waals surface area contributed by atoms with Crippen LogP contribution < -0.4 is 20.9 Å². The molecule has 0 fully saturated rings. The van der Waals surface area contributed by atoms with E-state index < -0.39 is 11.2 Å². The van der Waals surface area contributed by atoms with Gasteiger partial charge in [0.05, 0.1) is 7.11 Å². The monoisotopic (exact) mass is 343 g/mol. The highest BCUT2D eigenvalue weighted by Crippen LogP contribution is 2.19. The lowest BCUT2D eigenvalue weighted by molar-refractivity contribution is 0.414. The van der Waals surface area contributed by atoms with Gasteiger partial charge in [-0.25, -0.2) is 4.79 Å². The number of imidazole rings is 1. The molecule has 0 aliphatic rings. The molecule has 25 heavy (non-hydrogen) atoms. The molecular weight excluding hydrogens is 322 g/mol. The van der Waals surface area contributed by atoms with Crippen LogP contribution in [0.15, 0.2) is 33.9 Å². The van der Waals surface area contributed by atoms with Crippen molar-refractivity contribution in [2.24, 2.45) is 7.05 Å². The van der Waals surface area contributed by atoms with Crippen LogP contribution in [0.3, 0.4) is 0 Å². The maximum Gasteiger partial charge on any atom is 0.329 e. The predicted octanol–water partition coefficient (Wildman–Crippen LogP) is 0.741. The second-order valence-corrected chi connectivity index (χ2v) is 6.05. The predicted molar refractivity (Wildman–Crippen MR) is 96.6 cm³/mol. The number of nitrogens with zero attached hydrogens (tertiary/aromatic N) is 4. The summed E-state index contributed by atoms with van der Waals surface area (Å²) in [5.41, 5.74) is 1.01. The molecule has 0 aliphatic heterocycles. The number of hydrogen-bond acceptors (Lipinski definition) is 5. The molecule has 2 heterocycles. The first kappa shape index (κ1) is 16.8. The Morgan fingerprint density at radius 3 is 2.48 bits per heavy atom. The zero-order chi connectivity index (χ0) is 18.1. The number of aromatic nitrogens is 4. The van der Waals surface area contributed by atoms with Crippen molar-refractivity contribution in [3.63, 3.8) is 0 Å². The first-order valence-electron chi connectivity index (χ1n) is 7.92. The van der Waals surface area contributed by atoms with Crippen molar-refractivity contribution in [3.05, 3.63) is 50.7 Å². The fourth-order valence-corrected chi connectivity index (χ4v) is 2.81. The van der Waals surface area contributed by atoms with Crippen LogP contribution >= 0.6 is 0 Å².